The van der Waals surface area contributed by atoms with E-state index in [9.17, 15) is 0 Å². The molecule has 0 amide bonds. The number of benzene rings is 2. The predicted octanol–water partition coefficient (Wildman–Crippen LogP) is 7.45. The number of rotatable bonds is 1. The zero-order valence-corrected chi connectivity index (χ0v) is 19.0. The molecule has 0 fully saturated rings. The monoisotopic (exact) mass is 424 g/mol. The number of aryl methyl sites for hydroxylation is 1. The molecule has 3 heterocycles. The Bertz CT molecular complexity index is 1380. The van der Waals surface area contributed by atoms with Gasteiger partial charge in [-0.2, -0.15) is 0 Å². The molecule has 154 valence electrons. The minimum absolute atomic E-state index is 0.0362. The van der Waals surface area contributed by atoms with Gasteiger partial charge in [0.05, 0.1) is 10.9 Å². The van der Waals surface area contributed by atoms with E-state index in [2.05, 4.69) is 80.4 Å². The second-order valence-corrected chi connectivity index (χ2v) is 10.7. The summed E-state index contributed by atoms with van der Waals surface area (Å²) in [5, 5.41) is 3.85. The van der Waals surface area contributed by atoms with Gasteiger partial charge in [-0.1, -0.05) is 69.0 Å². The zero-order valence-electron chi connectivity index (χ0n) is 18.1. The van der Waals surface area contributed by atoms with Crippen LogP contribution >= 0.6 is 11.8 Å². The predicted molar refractivity (Wildman–Crippen MR) is 127 cm³/mol. The van der Waals surface area contributed by atoms with Gasteiger partial charge in [0.2, 0.25) is 0 Å². The van der Waals surface area contributed by atoms with Crippen molar-refractivity contribution in [2.24, 2.45) is 0 Å². The molecule has 0 bridgehead atoms. The van der Waals surface area contributed by atoms with Crippen molar-refractivity contribution in [2.45, 2.75) is 49.3 Å². The third-order valence-corrected chi connectivity index (χ3v) is 7.65. The van der Waals surface area contributed by atoms with Crippen molar-refractivity contribution < 1.29 is 4.42 Å². The number of nitrogens with zero attached hydrogens (tertiary/aromatic N) is 2. The summed E-state index contributed by atoms with van der Waals surface area (Å²) in [4.78, 5) is 9.47. The molecule has 2 atom stereocenters. The van der Waals surface area contributed by atoms with E-state index < -0.39 is 0 Å². The van der Waals surface area contributed by atoms with E-state index in [1.165, 1.54) is 33.0 Å². The van der Waals surface area contributed by atoms with Gasteiger partial charge in [-0.15, -0.1) is 0 Å². The van der Waals surface area contributed by atoms with Crippen LogP contribution in [0.1, 0.15) is 60.1 Å². The van der Waals surface area contributed by atoms with Gasteiger partial charge in [0.25, 0.3) is 0 Å². The molecule has 1 aliphatic heterocycles. The van der Waals surface area contributed by atoms with Crippen molar-refractivity contribution in [3.8, 4) is 11.3 Å². The average molecular weight is 425 g/mol. The van der Waals surface area contributed by atoms with E-state index in [4.69, 9.17) is 9.40 Å². The molecule has 2 aromatic carbocycles. The van der Waals surface area contributed by atoms with Crippen LogP contribution in [0.15, 0.2) is 64.3 Å². The van der Waals surface area contributed by atoms with Gasteiger partial charge in [-0.3, -0.25) is 0 Å². The van der Waals surface area contributed by atoms with E-state index in [1.807, 2.05) is 6.92 Å². The Balaban J connectivity index is 1.56. The lowest BCUT2D eigenvalue weighted by Gasteiger charge is -2.24. The van der Waals surface area contributed by atoms with Crippen molar-refractivity contribution in [1.82, 2.24) is 9.97 Å². The molecule has 0 saturated carbocycles. The number of fused-ring (bicyclic) bond motifs is 6. The molecule has 1 aliphatic carbocycles. The molecule has 2 aromatic heterocycles. The van der Waals surface area contributed by atoms with Gasteiger partial charge >= 0.3 is 0 Å². The molecule has 2 aliphatic rings. The molecule has 2 unspecified atom stereocenters. The minimum Gasteiger partial charge on any atom is -0.465 e. The largest absolute Gasteiger partial charge is 0.465 e. The van der Waals surface area contributed by atoms with Crippen molar-refractivity contribution >= 4 is 28.6 Å². The molecule has 0 radical (unpaired) electrons. The first-order valence-corrected chi connectivity index (χ1v) is 11.6. The van der Waals surface area contributed by atoms with Crippen molar-refractivity contribution in [2.75, 3.05) is 0 Å². The molecule has 3 nitrogen and oxygen atoms in total. The quantitative estimate of drug-likeness (QED) is 0.297. The average Bonchev–Trinajstić information content (AvgIpc) is 3.31. The highest BCUT2D eigenvalue weighted by molar-refractivity contribution is 7.99. The molecule has 0 saturated heterocycles. The fraction of sp³-hybridized carbons (Fsp3) is 0.259. The molecule has 4 heteroatoms. The van der Waals surface area contributed by atoms with E-state index >= 15 is 0 Å². The van der Waals surface area contributed by atoms with E-state index in [1.54, 1.807) is 18.1 Å². The fourth-order valence-electron chi connectivity index (χ4n) is 4.94. The standard InChI is InChI=1S/C27H24N2OS/c1-15-11-17-9-10-20-22-23(28-14-29-26(22)31-25(20)24(17)30-15)18-12-16-7-5-6-8-19(16)21(13-18)27(2,3)4/h5-14,20,25H,1-4H3. The Morgan fingerprint density at radius 3 is 2.71 bits per heavy atom. The number of furan rings is 1. The minimum atomic E-state index is 0.0362. The first-order valence-electron chi connectivity index (χ1n) is 10.7. The summed E-state index contributed by atoms with van der Waals surface area (Å²) in [6, 6.07) is 15.4. The van der Waals surface area contributed by atoms with Crippen LogP contribution in [0.3, 0.4) is 0 Å². The van der Waals surface area contributed by atoms with Crippen LogP contribution in [-0.2, 0) is 5.41 Å². The first kappa shape index (κ1) is 18.9. The van der Waals surface area contributed by atoms with Crippen molar-refractivity contribution in [1.29, 1.82) is 0 Å². The highest BCUT2D eigenvalue weighted by Crippen LogP contribution is 2.59. The highest BCUT2D eigenvalue weighted by Gasteiger charge is 2.41. The summed E-state index contributed by atoms with van der Waals surface area (Å²) in [5.41, 5.74) is 6.00. The summed E-state index contributed by atoms with van der Waals surface area (Å²) < 4.78 is 6.10. The van der Waals surface area contributed by atoms with Gasteiger partial charge in [0.1, 0.15) is 22.9 Å². The highest BCUT2D eigenvalue weighted by atomic mass is 32.2. The SMILES string of the molecule is Cc1cc2c(o1)C1Sc3ncnc(-c4cc(C(C)(C)C)c5ccccc5c4)c3C1C=C2. The maximum atomic E-state index is 6.10. The van der Waals surface area contributed by atoms with E-state index in [0.29, 0.717) is 0 Å². The first-order chi connectivity index (χ1) is 14.9. The summed E-state index contributed by atoms with van der Waals surface area (Å²) in [5.74, 6) is 2.24. The molecule has 0 N–H and O–H groups in total. The third-order valence-electron chi connectivity index (χ3n) is 6.34. The van der Waals surface area contributed by atoms with Crippen LogP contribution in [0.5, 0.6) is 0 Å². The topological polar surface area (TPSA) is 38.9 Å². The summed E-state index contributed by atoms with van der Waals surface area (Å²) >= 11 is 1.80. The summed E-state index contributed by atoms with van der Waals surface area (Å²) in [6.07, 6.45) is 6.21. The molecular weight excluding hydrogens is 400 g/mol. The number of hydrogen-bond acceptors (Lipinski definition) is 4. The Hall–Kier alpha value is -2.85. The van der Waals surface area contributed by atoms with Crippen LogP contribution in [0.2, 0.25) is 0 Å². The maximum absolute atomic E-state index is 6.10. The zero-order chi connectivity index (χ0) is 21.3. The second kappa shape index (κ2) is 6.57. The Labute approximate surface area is 186 Å². The second-order valence-electron chi connectivity index (χ2n) is 9.54. The van der Waals surface area contributed by atoms with Gasteiger partial charge < -0.3 is 4.42 Å². The molecular formula is C27H24N2OS. The molecule has 31 heavy (non-hydrogen) atoms. The van der Waals surface area contributed by atoms with E-state index in [-0.39, 0.29) is 16.6 Å². The molecule has 4 aromatic rings. The number of hydrogen-bond donors (Lipinski definition) is 0. The van der Waals surface area contributed by atoms with Crippen LogP contribution in [0, 0.1) is 6.92 Å². The maximum Gasteiger partial charge on any atom is 0.125 e. The van der Waals surface area contributed by atoms with Gasteiger partial charge in [-0.25, -0.2) is 9.97 Å². The van der Waals surface area contributed by atoms with Crippen molar-refractivity contribution in [3.63, 3.8) is 0 Å². The normalized spacial score (nSPS) is 19.4. The summed E-state index contributed by atoms with van der Waals surface area (Å²) in [6.45, 7) is 8.85. The lowest BCUT2D eigenvalue weighted by molar-refractivity contribution is 0.471. The lowest BCUT2D eigenvalue weighted by Crippen LogP contribution is -2.12. The van der Waals surface area contributed by atoms with E-state index in [0.717, 1.165) is 22.2 Å². The Morgan fingerprint density at radius 1 is 1.03 bits per heavy atom. The fourth-order valence-corrected chi connectivity index (χ4v) is 6.32. The van der Waals surface area contributed by atoms with Gasteiger partial charge in [-0.05, 0) is 46.9 Å². The van der Waals surface area contributed by atoms with Crippen LogP contribution in [-0.4, -0.2) is 9.97 Å². The Morgan fingerprint density at radius 2 is 1.87 bits per heavy atom. The molecule has 6 rings (SSSR count). The van der Waals surface area contributed by atoms with Crippen LogP contribution in [0.4, 0.5) is 0 Å². The number of thioether (sulfide) groups is 1. The van der Waals surface area contributed by atoms with Gasteiger partial charge in [0, 0.05) is 22.6 Å². The van der Waals surface area contributed by atoms with Crippen LogP contribution in [0.25, 0.3) is 28.1 Å². The molecule has 0 spiro atoms. The lowest BCUT2D eigenvalue weighted by atomic mass is 9.81. The number of allylic oxidation sites excluding steroid dienone is 1. The number of aromatic nitrogens is 2. The van der Waals surface area contributed by atoms with Crippen molar-refractivity contribution in [3.05, 3.63) is 83.1 Å². The Kier molecular flexibility index (Phi) is 4.00. The smallest absolute Gasteiger partial charge is 0.125 e. The van der Waals surface area contributed by atoms with Crippen LogP contribution < -0.4 is 0 Å². The summed E-state index contributed by atoms with van der Waals surface area (Å²) in [7, 11) is 0. The third kappa shape index (κ3) is 2.89. The van der Waals surface area contributed by atoms with Gasteiger partial charge in [0.15, 0.2) is 0 Å².